The first-order chi connectivity index (χ1) is 10.3. The fourth-order valence-electron chi connectivity index (χ4n) is 2.14. The number of benzene rings is 1. The normalized spacial score (nSPS) is 16.6. The summed E-state index contributed by atoms with van der Waals surface area (Å²) in [4.78, 5) is 13.4. The number of piperazine rings is 1. The number of hydrogen-bond donors (Lipinski definition) is 1. The van der Waals surface area contributed by atoms with Crippen LogP contribution in [0.15, 0.2) is 18.2 Å². The number of halogens is 2. The Labute approximate surface area is 127 Å². The molecule has 0 unspecified atom stereocenters. The van der Waals surface area contributed by atoms with Gasteiger partial charge in [0.25, 0.3) is 0 Å². The molecule has 1 aliphatic rings. The summed E-state index contributed by atoms with van der Waals surface area (Å²) in [6.07, 6.45) is 0. The average molecular weight is 333 g/mol. The summed E-state index contributed by atoms with van der Waals surface area (Å²) in [6, 6.07) is 2.32. The van der Waals surface area contributed by atoms with Crippen LogP contribution in [0.25, 0.3) is 0 Å². The van der Waals surface area contributed by atoms with Crippen LogP contribution in [-0.2, 0) is 10.0 Å². The highest BCUT2D eigenvalue weighted by atomic mass is 32.2. The predicted octanol–water partition coefficient (Wildman–Crippen LogP) is 1.46. The molecule has 9 heteroatoms. The van der Waals surface area contributed by atoms with E-state index < -0.39 is 27.7 Å². The van der Waals surface area contributed by atoms with Crippen molar-refractivity contribution in [3.8, 4) is 0 Å². The monoisotopic (exact) mass is 333 g/mol. The maximum absolute atomic E-state index is 13.5. The molecule has 6 nitrogen and oxygen atoms in total. The van der Waals surface area contributed by atoms with Gasteiger partial charge < -0.3 is 10.2 Å². The van der Waals surface area contributed by atoms with Crippen LogP contribution in [0.2, 0.25) is 0 Å². The summed E-state index contributed by atoms with van der Waals surface area (Å²) < 4.78 is 51.1. The molecule has 22 heavy (non-hydrogen) atoms. The number of urea groups is 1. The Bertz CT molecular complexity index is 658. The van der Waals surface area contributed by atoms with Crippen molar-refractivity contribution in [2.45, 2.75) is 6.92 Å². The number of nitrogens with zero attached hydrogens (tertiary/aromatic N) is 2. The lowest BCUT2D eigenvalue weighted by molar-refractivity contribution is 0.184. The zero-order valence-electron chi connectivity index (χ0n) is 12.1. The van der Waals surface area contributed by atoms with Gasteiger partial charge in [-0.2, -0.15) is 4.31 Å². The topological polar surface area (TPSA) is 69.7 Å². The number of sulfonamides is 1. The molecule has 2 amide bonds. The summed E-state index contributed by atoms with van der Waals surface area (Å²) in [5, 5.41) is 2.35. The SMILES string of the molecule is CCS(=O)(=O)N1CCN(C(=O)Nc2ccc(F)cc2F)CC1. The quantitative estimate of drug-likeness (QED) is 0.910. The average Bonchev–Trinajstić information content (AvgIpc) is 2.50. The number of anilines is 1. The maximum atomic E-state index is 13.5. The highest BCUT2D eigenvalue weighted by Crippen LogP contribution is 2.16. The molecule has 0 aromatic heterocycles. The molecule has 1 aromatic carbocycles. The van der Waals surface area contributed by atoms with Crippen LogP contribution >= 0.6 is 0 Å². The van der Waals surface area contributed by atoms with Crippen LogP contribution in [0.5, 0.6) is 0 Å². The van der Waals surface area contributed by atoms with Gasteiger partial charge in [-0.25, -0.2) is 22.0 Å². The van der Waals surface area contributed by atoms with Crippen LogP contribution in [0.1, 0.15) is 6.92 Å². The van der Waals surface area contributed by atoms with Crippen molar-refractivity contribution in [1.82, 2.24) is 9.21 Å². The van der Waals surface area contributed by atoms with Gasteiger partial charge in [0.2, 0.25) is 10.0 Å². The Morgan fingerprint density at radius 1 is 1.23 bits per heavy atom. The summed E-state index contributed by atoms with van der Waals surface area (Å²) in [5.41, 5.74) is -0.116. The summed E-state index contributed by atoms with van der Waals surface area (Å²) in [6.45, 7) is 2.40. The molecule has 1 N–H and O–H groups in total. The van der Waals surface area contributed by atoms with E-state index in [-0.39, 0.29) is 37.6 Å². The predicted molar refractivity (Wildman–Crippen MR) is 78.0 cm³/mol. The van der Waals surface area contributed by atoms with Crippen molar-refractivity contribution in [3.63, 3.8) is 0 Å². The van der Waals surface area contributed by atoms with Crippen molar-refractivity contribution in [2.24, 2.45) is 0 Å². The second-order valence-electron chi connectivity index (χ2n) is 4.84. The third-order valence-electron chi connectivity index (χ3n) is 3.46. The van der Waals surface area contributed by atoms with Crippen LogP contribution < -0.4 is 5.32 Å². The van der Waals surface area contributed by atoms with E-state index in [2.05, 4.69) is 5.32 Å². The van der Waals surface area contributed by atoms with Crippen LogP contribution in [-0.4, -0.2) is 55.6 Å². The van der Waals surface area contributed by atoms with Gasteiger partial charge in [0.15, 0.2) is 0 Å². The minimum absolute atomic E-state index is 0.0139. The second-order valence-corrected chi connectivity index (χ2v) is 7.10. The molecular formula is C13H17F2N3O3S. The third-order valence-corrected chi connectivity index (χ3v) is 5.34. The zero-order chi connectivity index (χ0) is 16.3. The van der Waals surface area contributed by atoms with Gasteiger partial charge in [-0.15, -0.1) is 0 Å². The van der Waals surface area contributed by atoms with Crippen molar-refractivity contribution in [3.05, 3.63) is 29.8 Å². The van der Waals surface area contributed by atoms with Crippen LogP contribution in [0.3, 0.4) is 0 Å². The Balaban J connectivity index is 1.95. The van der Waals surface area contributed by atoms with E-state index in [1.165, 1.54) is 9.21 Å². The second kappa shape index (κ2) is 6.57. The highest BCUT2D eigenvalue weighted by molar-refractivity contribution is 7.89. The molecule has 0 saturated carbocycles. The number of nitrogens with one attached hydrogen (secondary N) is 1. The van der Waals surface area contributed by atoms with Gasteiger partial charge in [-0.1, -0.05) is 0 Å². The molecule has 0 spiro atoms. The lowest BCUT2D eigenvalue weighted by Crippen LogP contribution is -2.51. The largest absolute Gasteiger partial charge is 0.322 e. The van der Waals surface area contributed by atoms with Crippen LogP contribution in [0, 0.1) is 11.6 Å². The Kier molecular flexibility index (Phi) is 4.97. The lowest BCUT2D eigenvalue weighted by atomic mass is 10.3. The third kappa shape index (κ3) is 3.72. The molecule has 1 aliphatic heterocycles. The molecule has 0 atom stereocenters. The van der Waals surface area contributed by atoms with Crippen LogP contribution in [0.4, 0.5) is 19.3 Å². The Morgan fingerprint density at radius 3 is 2.41 bits per heavy atom. The van der Waals surface area contributed by atoms with Crippen molar-refractivity contribution < 1.29 is 22.0 Å². The van der Waals surface area contributed by atoms with E-state index in [1.54, 1.807) is 6.92 Å². The van der Waals surface area contributed by atoms with Crippen molar-refractivity contribution >= 4 is 21.7 Å². The number of rotatable bonds is 3. The first-order valence-electron chi connectivity index (χ1n) is 6.82. The van der Waals surface area contributed by atoms with Crippen molar-refractivity contribution in [1.29, 1.82) is 0 Å². The molecule has 2 rings (SSSR count). The molecule has 0 aliphatic carbocycles. The molecule has 1 aromatic rings. The number of amides is 2. The van der Waals surface area contributed by atoms with E-state index in [9.17, 15) is 22.0 Å². The van der Waals surface area contributed by atoms with E-state index in [4.69, 9.17) is 0 Å². The first kappa shape index (κ1) is 16.6. The van der Waals surface area contributed by atoms with E-state index >= 15 is 0 Å². The minimum atomic E-state index is -3.27. The standard InChI is InChI=1S/C13H17F2N3O3S/c1-2-22(20,21)18-7-5-17(6-8-18)13(19)16-12-4-3-10(14)9-11(12)15/h3-4,9H,2,5-8H2,1H3,(H,16,19). The maximum Gasteiger partial charge on any atom is 0.322 e. The fourth-order valence-corrected chi connectivity index (χ4v) is 3.22. The smallest absolute Gasteiger partial charge is 0.322 e. The number of carbonyl (C=O) groups excluding carboxylic acids is 1. The summed E-state index contributed by atoms with van der Waals surface area (Å²) in [5.74, 6) is -1.57. The van der Waals surface area contributed by atoms with Gasteiger partial charge in [0.05, 0.1) is 11.4 Å². The molecule has 0 bridgehead atoms. The molecule has 0 radical (unpaired) electrons. The van der Waals surface area contributed by atoms with E-state index in [0.717, 1.165) is 12.1 Å². The minimum Gasteiger partial charge on any atom is -0.322 e. The lowest BCUT2D eigenvalue weighted by Gasteiger charge is -2.33. The van der Waals surface area contributed by atoms with Gasteiger partial charge in [-0.05, 0) is 19.1 Å². The van der Waals surface area contributed by atoms with Gasteiger partial charge in [0, 0.05) is 32.2 Å². The number of hydrogen-bond acceptors (Lipinski definition) is 3. The summed E-state index contributed by atoms with van der Waals surface area (Å²) in [7, 11) is -3.27. The molecule has 122 valence electrons. The van der Waals surface area contributed by atoms with E-state index in [1.807, 2.05) is 0 Å². The van der Waals surface area contributed by atoms with Gasteiger partial charge >= 0.3 is 6.03 Å². The molecule has 1 heterocycles. The first-order valence-corrected chi connectivity index (χ1v) is 8.43. The number of carbonyl (C=O) groups is 1. The van der Waals surface area contributed by atoms with E-state index in [0.29, 0.717) is 6.07 Å². The molecule has 1 saturated heterocycles. The summed E-state index contributed by atoms with van der Waals surface area (Å²) >= 11 is 0. The van der Waals surface area contributed by atoms with Gasteiger partial charge in [-0.3, -0.25) is 0 Å². The highest BCUT2D eigenvalue weighted by Gasteiger charge is 2.27. The van der Waals surface area contributed by atoms with Gasteiger partial charge in [0.1, 0.15) is 11.6 Å². The zero-order valence-corrected chi connectivity index (χ0v) is 12.9. The molecule has 1 fully saturated rings. The molecular weight excluding hydrogens is 316 g/mol. The fraction of sp³-hybridized carbons (Fsp3) is 0.462. The van der Waals surface area contributed by atoms with Crippen molar-refractivity contribution in [2.75, 3.05) is 37.2 Å². The Morgan fingerprint density at radius 2 is 1.86 bits per heavy atom. The Hall–Kier alpha value is -1.74.